The average Bonchev–Trinajstić information content (AvgIpc) is 2.62. The van der Waals surface area contributed by atoms with Gasteiger partial charge in [-0.15, -0.1) is 0 Å². The number of carbonyl (C=O) groups excluding carboxylic acids is 1. The number of amides is 1. The molecule has 5 nitrogen and oxygen atoms in total. The number of hydrogen-bond donors (Lipinski definition) is 3. The van der Waals surface area contributed by atoms with E-state index in [1.165, 1.54) is 7.11 Å². The Balaban J connectivity index is 2.12. The number of benzene rings is 2. The monoisotopic (exact) mass is 557 g/mol. The highest BCUT2D eigenvalue weighted by Crippen LogP contribution is 2.30. The van der Waals surface area contributed by atoms with Gasteiger partial charge < -0.3 is 20.7 Å². The van der Waals surface area contributed by atoms with Crippen molar-refractivity contribution >= 4 is 86.3 Å². The number of halogens is 4. The molecular weight excluding hydrogens is 544 g/mol. The average molecular weight is 559 g/mol. The SMILES string of the molecule is COc1ccccc1C(=O)N[C@H](NC(=S)Nc1ccccc1I)C(Cl)(Cl)Cl. The second-order valence-electron chi connectivity index (χ2n) is 5.23. The normalized spacial score (nSPS) is 12.0. The zero-order chi connectivity index (χ0) is 20.0. The maximum absolute atomic E-state index is 12.6. The van der Waals surface area contributed by atoms with Crippen LogP contribution in [0.1, 0.15) is 10.4 Å². The number of anilines is 1. The molecule has 2 aromatic carbocycles. The van der Waals surface area contributed by atoms with Crippen LogP contribution in [0.15, 0.2) is 48.5 Å². The Hall–Kier alpha value is -1.000. The first-order valence-corrected chi connectivity index (χ1v) is 10.2. The molecule has 0 saturated carbocycles. The third-order valence-corrected chi connectivity index (χ3v) is 5.17. The van der Waals surface area contributed by atoms with E-state index in [1.54, 1.807) is 24.3 Å². The fraction of sp³-hybridized carbons (Fsp3) is 0.176. The zero-order valence-electron chi connectivity index (χ0n) is 13.9. The van der Waals surface area contributed by atoms with Gasteiger partial charge in [0.15, 0.2) is 5.11 Å². The lowest BCUT2D eigenvalue weighted by atomic mass is 10.2. The van der Waals surface area contributed by atoms with Crippen molar-refractivity contribution in [3.63, 3.8) is 0 Å². The van der Waals surface area contributed by atoms with Gasteiger partial charge in [0.2, 0.25) is 3.79 Å². The van der Waals surface area contributed by atoms with Crippen LogP contribution in [0, 0.1) is 3.57 Å². The number of para-hydroxylation sites is 2. The van der Waals surface area contributed by atoms with Gasteiger partial charge in [-0.25, -0.2) is 0 Å². The molecule has 0 heterocycles. The molecule has 0 aromatic heterocycles. The standard InChI is InChI=1S/C17H15Cl3IN3O2S/c1-26-13-9-5-2-6-10(13)14(25)23-15(17(18,19)20)24-16(27)22-12-8-4-3-7-11(12)21/h2-9,15H,1H3,(H,23,25)(H2,22,24,27)/t15-/m1/s1. The first-order valence-electron chi connectivity index (χ1n) is 7.55. The second kappa shape index (κ2) is 9.97. The number of rotatable bonds is 5. The first kappa shape index (κ1) is 22.3. The predicted molar refractivity (Wildman–Crippen MR) is 123 cm³/mol. The van der Waals surface area contributed by atoms with Crippen LogP contribution in [0.3, 0.4) is 0 Å². The Kier molecular flexibility index (Phi) is 8.23. The van der Waals surface area contributed by atoms with E-state index in [-0.39, 0.29) is 5.11 Å². The van der Waals surface area contributed by atoms with E-state index >= 15 is 0 Å². The van der Waals surface area contributed by atoms with Crippen molar-refractivity contribution in [3.05, 3.63) is 57.7 Å². The van der Waals surface area contributed by atoms with Crippen LogP contribution in [0.2, 0.25) is 0 Å². The van der Waals surface area contributed by atoms with Gasteiger partial charge in [0.1, 0.15) is 11.9 Å². The molecule has 3 N–H and O–H groups in total. The Labute approximate surface area is 191 Å². The highest BCUT2D eigenvalue weighted by atomic mass is 127. The molecule has 2 aromatic rings. The summed E-state index contributed by atoms with van der Waals surface area (Å²) in [6.45, 7) is 0. The smallest absolute Gasteiger partial charge is 0.256 e. The van der Waals surface area contributed by atoms with Crippen molar-refractivity contribution < 1.29 is 9.53 Å². The van der Waals surface area contributed by atoms with Gasteiger partial charge in [-0.2, -0.15) is 0 Å². The van der Waals surface area contributed by atoms with E-state index in [0.717, 1.165) is 9.26 Å². The van der Waals surface area contributed by atoms with E-state index < -0.39 is 15.9 Å². The largest absolute Gasteiger partial charge is 0.496 e. The Morgan fingerprint density at radius 1 is 1.11 bits per heavy atom. The van der Waals surface area contributed by atoms with Gasteiger partial charge in [-0.3, -0.25) is 4.79 Å². The molecule has 0 spiro atoms. The maximum Gasteiger partial charge on any atom is 0.256 e. The summed E-state index contributed by atoms with van der Waals surface area (Å²) in [4.78, 5) is 12.6. The Bertz CT molecular complexity index is 833. The summed E-state index contributed by atoms with van der Waals surface area (Å²) in [5.74, 6) is -0.0778. The molecule has 1 amide bonds. The first-order chi connectivity index (χ1) is 12.7. The minimum atomic E-state index is -1.85. The summed E-state index contributed by atoms with van der Waals surface area (Å²) >= 11 is 25.5. The molecule has 27 heavy (non-hydrogen) atoms. The lowest BCUT2D eigenvalue weighted by Crippen LogP contribution is -2.56. The minimum absolute atomic E-state index is 0.191. The van der Waals surface area contributed by atoms with E-state index in [9.17, 15) is 4.79 Å². The fourth-order valence-electron chi connectivity index (χ4n) is 2.09. The number of carbonyl (C=O) groups is 1. The van der Waals surface area contributed by atoms with Crippen LogP contribution in [0.25, 0.3) is 0 Å². The van der Waals surface area contributed by atoms with Crippen LogP contribution >= 0.6 is 69.6 Å². The van der Waals surface area contributed by atoms with Crippen molar-refractivity contribution in [1.29, 1.82) is 0 Å². The van der Waals surface area contributed by atoms with E-state index in [1.807, 2.05) is 24.3 Å². The Morgan fingerprint density at radius 2 is 1.74 bits per heavy atom. The molecule has 1 atom stereocenters. The van der Waals surface area contributed by atoms with E-state index in [0.29, 0.717) is 11.3 Å². The molecule has 0 radical (unpaired) electrons. The molecule has 2 rings (SSSR count). The van der Waals surface area contributed by atoms with Gasteiger partial charge in [0.05, 0.1) is 18.4 Å². The van der Waals surface area contributed by atoms with Gasteiger partial charge in [-0.05, 0) is 59.1 Å². The molecule has 0 bridgehead atoms. The van der Waals surface area contributed by atoms with Crippen LogP contribution in [0.4, 0.5) is 5.69 Å². The van der Waals surface area contributed by atoms with Gasteiger partial charge in [-0.1, -0.05) is 59.1 Å². The van der Waals surface area contributed by atoms with Crippen molar-refractivity contribution in [2.24, 2.45) is 0 Å². The maximum atomic E-state index is 12.6. The highest BCUT2D eigenvalue weighted by molar-refractivity contribution is 14.1. The summed E-state index contributed by atoms with van der Waals surface area (Å²) in [5.41, 5.74) is 1.09. The second-order valence-corrected chi connectivity index (χ2v) is 9.17. The molecule has 0 aliphatic rings. The lowest BCUT2D eigenvalue weighted by Gasteiger charge is -2.28. The summed E-state index contributed by atoms with van der Waals surface area (Å²) in [5, 5.41) is 8.64. The highest BCUT2D eigenvalue weighted by Gasteiger charge is 2.35. The van der Waals surface area contributed by atoms with Gasteiger partial charge >= 0.3 is 0 Å². The number of alkyl halides is 3. The molecule has 0 aliphatic carbocycles. The third-order valence-electron chi connectivity index (χ3n) is 3.35. The van der Waals surface area contributed by atoms with Gasteiger partial charge in [0.25, 0.3) is 5.91 Å². The van der Waals surface area contributed by atoms with E-state index in [2.05, 4.69) is 38.5 Å². The fourth-order valence-corrected chi connectivity index (χ4v) is 3.17. The molecule has 0 unspecified atom stereocenters. The molecule has 10 heteroatoms. The van der Waals surface area contributed by atoms with Crippen molar-refractivity contribution in [3.8, 4) is 5.75 Å². The number of hydrogen-bond acceptors (Lipinski definition) is 3. The quantitative estimate of drug-likeness (QED) is 0.215. The summed E-state index contributed by atoms with van der Waals surface area (Å²) < 4.78 is 4.29. The zero-order valence-corrected chi connectivity index (χ0v) is 19.2. The van der Waals surface area contributed by atoms with Crippen LogP contribution in [-0.2, 0) is 0 Å². The van der Waals surface area contributed by atoms with Crippen LogP contribution < -0.4 is 20.7 Å². The summed E-state index contributed by atoms with van der Waals surface area (Å²) in [6, 6.07) is 14.3. The molecule has 0 saturated heterocycles. The molecule has 0 fully saturated rings. The number of nitrogens with one attached hydrogen (secondary N) is 3. The van der Waals surface area contributed by atoms with Crippen molar-refractivity contribution in [2.45, 2.75) is 9.96 Å². The van der Waals surface area contributed by atoms with Crippen LogP contribution in [-0.4, -0.2) is 28.1 Å². The molecular formula is C17H15Cl3IN3O2S. The summed E-state index contributed by atoms with van der Waals surface area (Å²) in [7, 11) is 1.47. The summed E-state index contributed by atoms with van der Waals surface area (Å²) in [6.07, 6.45) is -1.08. The Morgan fingerprint density at radius 3 is 2.37 bits per heavy atom. The third kappa shape index (κ3) is 6.53. The van der Waals surface area contributed by atoms with Crippen LogP contribution in [0.5, 0.6) is 5.75 Å². The predicted octanol–water partition coefficient (Wildman–Crippen LogP) is 4.71. The van der Waals surface area contributed by atoms with Crippen molar-refractivity contribution in [2.75, 3.05) is 12.4 Å². The lowest BCUT2D eigenvalue weighted by molar-refractivity contribution is 0.0931. The van der Waals surface area contributed by atoms with E-state index in [4.69, 9.17) is 51.8 Å². The number of methoxy groups -OCH3 is 1. The topological polar surface area (TPSA) is 62.4 Å². The number of thiocarbonyl (C=S) groups is 1. The van der Waals surface area contributed by atoms with Crippen molar-refractivity contribution in [1.82, 2.24) is 10.6 Å². The van der Waals surface area contributed by atoms with Gasteiger partial charge in [0, 0.05) is 3.57 Å². The molecule has 0 aliphatic heterocycles. The minimum Gasteiger partial charge on any atom is -0.496 e. The molecule has 144 valence electrons. The number of ether oxygens (including phenoxy) is 1.